The van der Waals surface area contributed by atoms with E-state index >= 15 is 0 Å². The van der Waals surface area contributed by atoms with Crippen molar-refractivity contribution in [1.29, 1.82) is 0 Å². The van der Waals surface area contributed by atoms with Crippen LogP contribution in [-0.2, 0) is 0 Å². The summed E-state index contributed by atoms with van der Waals surface area (Å²) in [6.07, 6.45) is 0. The molecule has 15 heavy (non-hydrogen) atoms. The lowest BCUT2D eigenvalue weighted by Gasteiger charge is -2.00. The van der Waals surface area contributed by atoms with Gasteiger partial charge in [-0.3, -0.25) is 4.68 Å². The summed E-state index contributed by atoms with van der Waals surface area (Å²) in [6, 6.07) is 13.9. The molecule has 3 rings (SSSR count). The molecule has 0 unspecified atom stereocenters. The van der Waals surface area contributed by atoms with E-state index in [-0.39, 0.29) is 0 Å². The molecule has 0 bridgehead atoms. The van der Waals surface area contributed by atoms with E-state index in [2.05, 4.69) is 6.07 Å². The maximum atomic E-state index is 6.01. The van der Waals surface area contributed by atoms with Gasteiger partial charge in [-0.05, 0) is 12.1 Å². The molecule has 0 fully saturated rings. The summed E-state index contributed by atoms with van der Waals surface area (Å²) < 4.78 is 1.65. The highest BCUT2D eigenvalue weighted by Gasteiger charge is 2.09. The van der Waals surface area contributed by atoms with Gasteiger partial charge in [0.25, 0.3) is 0 Å². The molecule has 0 saturated heterocycles. The SMILES string of the molecule is Nc1cccc2c3ccccc3n(N)c12. The van der Waals surface area contributed by atoms with Crippen LogP contribution in [0.25, 0.3) is 21.8 Å². The summed E-state index contributed by atoms with van der Waals surface area (Å²) in [5.41, 5.74) is 8.54. The molecule has 1 heterocycles. The Morgan fingerprint density at radius 2 is 1.60 bits per heavy atom. The fourth-order valence-electron chi connectivity index (χ4n) is 2.08. The summed E-state index contributed by atoms with van der Waals surface area (Å²) in [5.74, 6) is 6.01. The molecule has 0 amide bonds. The van der Waals surface area contributed by atoms with Gasteiger partial charge >= 0.3 is 0 Å². The van der Waals surface area contributed by atoms with Crippen molar-refractivity contribution in [2.45, 2.75) is 0 Å². The predicted octanol–water partition coefficient (Wildman–Crippen LogP) is 2.09. The molecule has 0 aliphatic rings. The Labute approximate surface area is 86.9 Å². The first-order valence-electron chi connectivity index (χ1n) is 4.82. The van der Waals surface area contributed by atoms with Gasteiger partial charge in [-0.25, -0.2) is 0 Å². The van der Waals surface area contributed by atoms with Gasteiger partial charge in [0.1, 0.15) is 0 Å². The minimum Gasteiger partial charge on any atom is -0.397 e. The minimum atomic E-state index is 0.714. The number of fused-ring (bicyclic) bond motifs is 3. The van der Waals surface area contributed by atoms with Crippen LogP contribution in [0.4, 0.5) is 5.69 Å². The molecule has 0 spiro atoms. The number of anilines is 1. The Morgan fingerprint density at radius 3 is 2.47 bits per heavy atom. The summed E-state index contributed by atoms with van der Waals surface area (Å²) in [7, 11) is 0. The van der Waals surface area contributed by atoms with Crippen molar-refractivity contribution in [2.24, 2.45) is 0 Å². The Balaban J connectivity index is 2.69. The number of rotatable bonds is 0. The van der Waals surface area contributed by atoms with Gasteiger partial charge in [-0.2, -0.15) is 0 Å². The molecule has 0 atom stereocenters. The van der Waals surface area contributed by atoms with E-state index in [4.69, 9.17) is 11.6 Å². The van der Waals surface area contributed by atoms with E-state index in [0.717, 1.165) is 21.8 Å². The van der Waals surface area contributed by atoms with Crippen molar-refractivity contribution in [3.8, 4) is 0 Å². The monoisotopic (exact) mass is 197 g/mol. The lowest BCUT2D eigenvalue weighted by atomic mass is 10.1. The normalized spacial score (nSPS) is 11.2. The smallest absolute Gasteiger partial charge is 0.0932 e. The minimum absolute atomic E-state index is 0.714. The van der Waals surface area contributed by atoms with Crippen molar-refractivity contribution in [3.63, 3.8) is 0 Å². The number of nitrogen functional groups attached to an aromatic ring is 2. The number of benzene rings is 2. The third-order valence-electron chi connectivity index (χ3n) is 2.76. The average Bonchev–Trinajstić information content (AvgIpc) is 2.55. The molecule has 1 aromatic heterocycles. The molecule has 3 nitrogen and oxygen atoms in total. The topological polar surface area (TPSA) is 57.0 Å². The highest BCUT2D eigenvalue weighted by atomic mass is 15.3. The molecule has 0 saturated carbocycles. The van der Waals surface area contributed by atoms with E-state index in [1.165, 1.54) is 0 Å². The van der Waals surface area contributed by atoms with E-state index in [9.17, 15) is 0 Å². The standard InChI is InChI=1S/C12H11N3/c13-10-6-3-5-9-8-4-1-2-7-11(8)15(14)12(9)10/h1-7H,13-14H2. The van der Waals surface area contributed by atoms with E-state index in [1.54, 1.807) is 4.68 Å². The van der Waals surface area contributed by atoms with Crippen LogP contribution in [0, 0.1) is 0 Å². The summed E-state index contributed by atoms with van der Waals surface area (Å²) in [6.45, 7) is 0. The Kier molecular flexibility index (Phi) is 1.45. The highest BCUT2D eigenvalue weighted by molar-refractivity contribution is 6.11. The van der Waals surface area contributed by atoms with Crippen LogP contribution in [0.5, 0.6) is 0 Å². The summed E-state index contributed by atoms with van der Waals surface area (Å²) >= 11 is 0. The number of para-hydroxylation sites is 2. The summed E-state index contributed by atoms with van der Waals surface area (Å²) in [4.78, 5) is 0. The van der Waals surface area contributed by atoms with Crippen LogP contribution >= 0.6 is 0 Å². The molecule has 0 aliphatic heterocycles. The maximum absolute atomic E-state index is 6.01. The molecule has 2 aromatic carbocycles. The maximum Gasteiger partial charge on any atom is 0.0932 e. The zero-order chi connectivity index (χ0) is 10.4. The third kappa shape index (κ3) is 0.944. The Morgan fingerprint density at radius 1 is 0.867 bits per heavy atom. The molecule has 4 N–H and O–H groups in total. The van der Waals surface area contributed by atoms with Gasteiger partial charge in [-0.15, -0.1) is 0 Å². The second kappa shape index (κ2) is 2.67. The summed E-state index contributed by atoms with van der Waals surface area (Å²) in [5, 5.41) is 2.25. The lowest BCUT2D eigenvalue weighted by Crippen LogP contribution is -2.08. The van der Waals surface area contributed by atoms with Crippen molar-refractivity contribution in [1.82, 2.24) is 4.68 Å². The second-order valence-corrected chi connectivity index (χ2v) is 3.63. The van der Waals surface area contributed by atoms with Crippen LogP contribution < -0.4 is 11.6 Å². The predicted molar refractivity (Wildman–Crippen MR) is 64.0 cm³/mol. The molecule has 74 valence electrons. The van der Waals surface area contributed by atoms with Crippen LogP contribution in [0.2, 0.25) is 0 Å². The Bertz CT molecular complexity index is 652. The first-order valence-corrected chi connectivity index (χ1v) is 4.82. The van der Waals surface area contributed by atoms with Crippen molar-refractivity contribution < 1.29 is 0 Å². The van der Waals surface area contributed by atoms with Crippen LogP contribution in [0.1, 0.15) is 0 Å². The highest BCUT2D eigenvalue weighted by Crippen LogP contribution is 2.30. The van der Waals surface area contributed by atoms with Crippen molar-refractivity contribution >= 4 is 27.5 Å². The quantitative estimate of drug-likeness (QED) is 0.428. The number of nitrogens with two attached hydrogens (primary N) is 2. The number of nitrogens with zero attached hydrogens (tertiary/aromatic N) is 1. The molecule has 3 heteroatoms. The first-order chi connectivity index (χ1) is 7.29. The number of hydrogen-bond donors (Lipinski definition) is 2. The fraction of sp³-hybridized carbons (Fsp3) is 0. The van der Waals surface area contributed by atoms with Crippen LogP contribution in [-0.4, -0.2) is 4.68 Å². The average molecular weight is 197 g/mol. The second-order valence-electron chi connectivity index (χ2n) is 3.63. The van der Waals surface area contributed by atoms with Gasteiger partial charge in [-0.1, -0.05) is 30.3 Å². The third-order valence-corrected chi connectivity index (χ3v) is 2.76. The molecular formula is C12H11N3. The zero-order valence-electron chi connectivity index (χ0n) is 8.14. The van der Waals surface area contributed by atoms with E-state index < -0.39 is 0 Å². The van der Waals surface area contributed by atoms with Crippen molar-refractivity contribution in [3.05, 3.63) is 42.5 Å². The van der Waals surface area contributed by atoms with E-state index in [0.29, 0.717) is 5.69 Å². The molecular weight excluding hydrogens is 186 g/mol. The first kappa shape index (κ1) is 8.17. The largest absolute Gasteiger partial charge is 0.397 e. The fourth-order valence-corrected chi connectivity index (χ4v) is 2.08. The lowest BCUT2D eigenvalue weighted by molar-refractivity contribution is 1.12. The molecule has 0 aliphatic carbocycles. The number of hydrogen-bond acceptors (Lipinski definition) is 2. The van der Waals surface area contributed by atoms with E-state index in [1.807, 2.05) is 36.4 Å². The molecule has 3 aromatic rings. The van der Waals surface area contributed by atoms with Gasteiger partial charge in [0.15, 0.2) is 0 Å². The van der Waals surface area contributed by atoms with Gasteiger partial charge in [0.05, 0.1) is 16.7 Å². The van der Waals surface area contributed by atoms with Gasteiger partial charge in [0, 0.05) is 10.8 Å². The van der Waals surface area contributed by atoms with Gasteiger partial charge < -0.3 is 11.6 Å². The van der Waals surface area contributed by atoms with Crippen LogP contribution in [0.3, 0.4) is 0 Å². The number of aromatic nitrogens is 1. The molecule has 0 radical (unpaired) electrons. The van der Waals surface area contributed by atoms with Gasteiger partial charge in [0.2, 0.25) is 0 Å². The van der Waals surface area contributed by atoms with Crippen molar-refractivity contribution in [2.75, 3.05) is 11.6 Å². The Hall–Kier alpha value is -2.16. The zero-order valence-corrected chi connectivity index (χ0v) is 8.14. The van der Waals surface area contributed by atoms with Crippen LogP contribution in [0.15, 0.2) is 42.5 Å².